The van der Waals surface area contributed by atoms with Gasteiger partial charge >= 0.3 is 0 Å². The van der Waals surface area contributed by atoms with Crippen molar-refractivity contribution in [2.45, 2.75) is 25.9 Å². The van der Waals surface area contributed by atoms with E-state index in [4.69, 9.17) is 0 Å². The van der Waals surface area contributed by atoms with Gasteiger partial charge in [0.25, 0.3) is 0 Å². The van der Waals surface area contributed by atoms with Crippen LogP contribution in [0.1, 0.15) is 33.1 Å². The van der Waals surface area contributed by atoms with Crippen molar-refractivity contribution in [1.82, 2.24) is 9.97 Å². The monoisotopic (exact) mass is 316 g/mol. The zero-order chi connectivity index (χ0) is 14.7. The number of hydrogen-bond donors (Lipinski definition) is 1. The Bertz CT molecular complexity index is 706. The van der Waals surface area contributed by atoms with Crippen molar-refractivity contribution in [3.05, 3.63) is 68.1 Å². The lowest BCUT2D eigenvalue weighted by Crippen LogP contribution is -2.02. The van der Waals surface area contributed by atoms with E-state index in [1.807, 2.05) is 42.6 Å². The molecule has 0 saturated carbocycles. The highest BCUT2D eigenvalue weighted by Gasteiger charge is 2.11. The van der Waals surface area contributed by atoms with Gasteiger partial charge in [0.05, 0.1) is 28.2 Å². The van der Waals surface area contributed by atoms with E-state index in [9.17, 15) is 5.11 Å². The average Bonchev–Trinajstić information content (AvgIpc) is 3.09. The summed E-state index contributed by atoms with van der Waals surface area (Å²) in [5, 5.41) is 16.5. The molecule has 0 bridgehead atoms. The molecule has 5 heteroatoms. The van der Waals surface area contributed by atoms with Crippen molar-refractivity contribution in [3.8, 4) is 0 Å². The molecule has 0 radical (unpaired) electrons. The molecule has 2 aromatic heterocycles. The van der Waals surface area contributed by atoms with Crippen LogP contribution >= 0.6 is 22.7 Å². The fraction of sp³-hybridized carbons (Fsp3) is 0.250. The number of aryl methyl sites for hydroxylation is 1. The van der Waals surface area contributed by atoms with Crippen LogP contribution in [0.3, 0.4) is 0 Å². The minimum absolute atomic E-state index is 0.497. The smallest absolute Gasteiger partial charge is 0.0996 e. The Morgan fingerprint density at radius 3 is 2.48 bits per heavy atom. The first kappa shape index (κ1) is 14.4. The number of benzene rings is 1. The highest BCUT2D eigenvalue weighted by atomic mass is 32.1. The Morgan fingerprint density at radius 2 is 1.76 bits per heavy atom. The molecule has 0 spiro atoms. The number of nitrogens with zero attached hydrogens (tertiary/aromatic N) is 2. The van der Waals surface area contributed by atoms with Gasteiger partial charge in [0.1, 0.15) is 0 Å². The lowest BCUT2D eigenvalue weighted by molar-refractivity contribution is 0.177. The Labute approximate surface area is 132 Å². The zero-order valence-electron chi connectivity index (χ0n) is 11.7. The van der Waals surface area contributed by atoms with Crippen molar-refractivity contribution in [1.29, 1.82) is 0 Å². The summed E-state index contributed by atoms with van der Waals surface area (Å²) < 4.78 is 0. The fourth-order valence-corrected chi connectivity index (χ4v) is 3.81. The first-order valence-corrected chi connectivity index (χ1v) is 8.54. The molecule has 0 fully saturated rings. The second-order valence-electron chi connectivity index (χ2n) is 4.92. The zero-order valence-corrected chi connectivity index (χ0v) is 13.3. The quantitative estimate of drug-likeness (QED) is 0.779. The van der Waals surface area contributed by atoms with Crippen molar-refractivity contribution in [2.24, 2.45) is 0 Å². The van der Waals surface area contributed by atoms with E-state index in [0.29, 0.717) is 6.42 Å². The molecular weight excluding hydrogens is 300 g/mol. The first-order chi connectivity index (χ1) is 10.2. The summed E-state index contributed by atoms with van der Waals surface area (Å²) in [6.45, 7) is 2.00. The summed E-state index contributed by atoms with van der Waals surface area (Å²) in [5.41, 5.74) is 2.94. The van der Waals surface area contributed by atoms with Crippen LogP contribution in [0.2, 0.25) is 0 Å². The van der Waals surface area contributed by atoms with E-state index in [1.54, 1.807) is 22.7 Å². The minimum Gasteiger partial charge on any atom is -0.388 e. The average molecular weight is 316 g/mol. The molecule has 1 atom stereocenters. The summed E-state index contributed by atoms with van der Waals surface area (Å²) in [5.74, 6) is 0. The molecule has 1 aromatic carbocycles. The predicted octanol–water partition coefficient (Wildman–Crippen LogP) is 3.77. The van der Waals surface area contributed by atoms with E-state index < -0.39 is 6.10 Å². The van der Waals surface area contributed by atoms with Crippen LogP contribution in [-0.2, 0) is 12.8 Å². The molecule has 21 heavy (non-hydrogen) atoms. The third kappa shape index (κ3) is 3.75. The van der Waals surface area contributed by atoms with E-state index in [0.717, 1.165) is 33.4 Å². The van der Waals surface area contributed by atoms with Gasteiger partial charge in [-0.05, 0) is 12.5 Å². The lowest BCUT2D eigenvalue weighted by Gasteiger charge is -2.08. The van der Waals surface area contributed by atoms with Crippen LogP contribution in [0.15, 0.2) is 41.1 Å². The molecule has 0 saturated heterocycles. The van der Waals surface area contributed by atoms with Gasteiger partial charge in [0.15, 0.2) is 0 Å². The lowest BCUT2D eigenvalue weighted by atomic mass is 10.1. The van der Waals surface area contributed by atoms with Gasteiger partial charge in [-0.25, -0.2) is 9.97 Å². The third-order valence-corrected chi connectivity index (χ3v) is 5.02. The second kappa shape index (κ2) is 6.47. The van der Waals surface area contributed by atoms with Crippen LogP contribution in [-0.4, -0.2) is 15.1 Å². The van der Waals surface area contributed by atoms with Gasteiger partial charge in [-0.3, -0.25) is 0 Å². The molecule has 1 unspecified atom stereocenters. The summed E-state index contributed by atoms with van der Waals surface area (Å²) >= 11 is 3.31. The topological polar surface area (TPSA) is 46.0 Å². The Hall–Kier alpha value is -1.56. The molecular formula is C16H16N2OS2. The molecule has 108 valence electrons. The van der Waals surface area contributed by atoms with Crippen molar-refractivity contribution in [3.63, 3.8) is 0 Å². The summed E-state index contributed by atoms with van der Waals surface area (Å²) in [7, 11) is 0. The van der Waals surface area contributed by atoms with Gasteiger partial charge in [-0.15, -0.1) is 22.7 Å². The molecule has 0 amide bonds. The summed E-state index contributed by atoms with van der Waals surface area (Å²) in [4.78, 5) is 9.07. The normalized spacial score (nSPS) is 12.5. The SMILES string of the molecule is Cc1csc(Cc2nc(CC(O)c3ccccc3)cs2)n1. The summed E-state index contributed by atoms with van der Waals surface area (Å²) in [6, 6.07) is 9.71. The van der Waals surface area contributed by atoms with Crippen LogP contribution in [0.5, 0.6) is 0 Å². The highest BCUT2D eigenvalue weighted by Crippen LogP contribution is 2.22. The van der Waals surface area contributed by atoms with Crippen LogP contribution in [0, 0.1) is 6.92 Å². The number of aliphatic hydroxyl groups is 1. The van der Waals surface area contributed by atoms with Crippen molar-refractivity contribution < 1.29 is 5.11 Å². The van der Waals surface area contributed by atoms with E-state index in [2.05, 4.69) is 15.3 Å². The molecule has 0 aliphatic rings. The van der Waals surface area contributed by atoms with E-state index in [1.165, 1.54) is 0 Å². The highest BCUT2D eigenvalue weighted by molar-refractivity contribution is 7.11. The van der Waals surface area contributed by atoms with Gasteiger partial charge in [0.2, 0.25) is 0 Å². The summed E-state index contributed by atoms with van der Waals surface area (Å²) in [6.07, 6.45) is 0.838. The predicted molar refractivity (Wildman–Crippen MR) is 86.9 cm³/mol. The first-order valence-electron chi connectivity index (χ1n) is 6.78. The van der Waals surface area contributed by atoms with Gasteiger partial charge in [-0.2, -0.15) is 0 Å². The largest absolute Gasteiger partial charge is 0.388 e. The van der Waals surface area contributed by atoms with Crippen LogP contribution < -0.4 is 0 Å². The molecule has 3 nitrogen and oxygen atoms in total. The number of rotatable bonds is 5. The van der Waals surface area contributed by atoms with Gasteiger partial charge < -0.3 is 5.11 Å². The minimum atomic E-state index is -0.497. The van der Waals surface area contributed by atoms with Crippen molar-refractivity contribution in [2.75, 3.05) is 0 Å². The van der Waals surface area contributed by atoms with Crippen molar-refractivity contribution >= 4 is 22.7 Å². The molecule has 3 rings (SSSR count). The van der Waals surface area contributed by atoms with E-state index in [-0.39, 0.29) is 0 Å². The van der Waals surface area contributed by atoms with Crippen LogP contribution in [0.4, 0.5) is 0 Å². The Morgan fingerprint density at radius 1 is 1.05 bits per heavy atom. The Balaban J connectivity index is 1.65. The number of hydrogen-bond acceptors (Lipinski definition) is 5. The molecule has 3 aromatic rings. The fourth-order valence-electron chi connectivity index (χ4n) is 2.13. The second-order valence-corrected chi connectivity index (χ2v) is 6.81. The van der Waals surface area contributed by atoms with Crippen LogP contribution in [0.25, 0.3) is 0 Å². The number of aliphatic hydroxyl groups excluding tert-OH is 1. The molecule has 1 N–H and O–H groups in total. The maximum atomic E-state index is 10.2. The molecule has 0 aliphatic heterocycles. The van der Waals surface area contributed by atoms with Gasteiger partial charge in [0, 0.05) is 22.9 Å². The molecule has 2 heterocycles. The van der Waals surface area contributed by atoms with E-state index >= 15 is 0 Å². The standard InChI is InChI=1S/C16H16N2OS2/c1-11-9-20-15(17-11)8-16-18-13(10-21-16)7-14(19)12-5-3-2-4-6-12/h2-6,9-10,14,19H,7-8H2,1H3. The number of aromatic nitrogens is 2. The third-order valence-electron chi connectivity index (χ3n) is 3.16. The Kier molecular flexibility index (Phi) is 4.43. The maximum Gasteiger partial charge on any atom is 0.0996 e. The van der Waals surface area contributed by atoms with Gasteiger partial charge in [-0.1, -0.05) is 30.3 Å². The maximum absolute atomic E-state index is 10.2. The number of thiazole rings is 2. The molecule has 0 aliphatic carbocycles.